The SMILES string of the molecule is CC(C)COCCc1cnc2n1CCN(C(=O)C1CC(O)C1)[C@H]2C. The van der Waals surface area contributed by atoms with E-state index in [0.717, 1.165) is 31.9 Å². The van der Waals surface area contributed by atoms with E-state index in [1.165, 1.54) is 5.69 Å². The average molecular weight is 335 g/mol. The lowest BCUT2D eigenvalue weighted by Gasteiger charge is -2.40. The van der Waals surface area contributed by atoms with Crippen molar-refractivity contribution in [2.45, 2.75) is 58.7 Å². The summed E-state index contributed by atoms with van der Waals surface area (Å²) in [5.41, 5.74) is 1.19. The molecule has 134 valence electrons. The van der Waals surface area contributed by atoms with Gasteiger partial charge in [-0.15, -0.1) is 0 Å². The topological polar surface area (TPSA) is 67.6 Å². The highest BCUT2D eigenvalue weighted by atomic mass is 16.5. The van der Waals surface area contributed by atoms with Gasteiger partial charge in [0, 0.05) is 43.9 Å². The lowest BCUT2D eigenvalue weighted by atomic mass is 9.81. The molecular weight excluding hydrogens is 306 g/mol. The molecule has 1 aromatic heterocycles. The molecule has 0 unspecified atom stereocenters. The molecule has 1 aromatic rings. The van der Waals surface area contributed by atoms with Gasteiger partial charge in [0.2, 0.25) is 5.91 Å². The largest absolute Gasteiger partial charge is 0.393 e. The van der Waals surface area contributed by atoms with E-state index in [1.807, 2.05) is 18.0 Å². The summed E-state index contributed by atoms with van der Waals surface area (Å²) in [5, 5.41) is 9.43. The molecule has 1 fully saturated rings. The van der Waals surface area contributed by atoms with Crippen molar-refractivity contribution < 1.29 is 14.6 Å². The molecule has 2 aliphatic rings. The third kappa shape index (κ3) is 3.49. The predicted molar refractivity (Wildman–Crippen MR) is 90.4 cm³/mol. The molecule has 6 heteroatoms. The maximum absolute atomic E-state index is 12.6. The summed E-state index contributed by atoms with van der Waals surface area (Å²) in [7, 11) is 0. The zero-order valence-corrected chi connectivity index (χ0v) is 14.9. The third-order valence-corrected chi connectivity index (χ3v) is 5.07. The standard InChI is InChI=1S/C18H29N3O3/c1-12(2)11-24-7-4-15-10-19-17-13(3)20(5-6-21(15)17)18(23)14-8-16(22)9-14/h10,12-14,16,22H,4-9,11H2,1-3H3/t13-,14?,16?/m0/s1. The Kier molecular flexibility index (Phi) is 5.25. The fourth-order valence-corrected chi connectivity index (χ4v) is 3.58. The van der Waals surface area contributed by atoms with Gasteiger partial charge in [-0.3, -0.25) is 4.79 Å². The van der Waals surface area contributed by atoms with Crippen LogP contribution in [0.2, 0.25) is 0 Å². The zero-order chi connectivity index (χ0) is 17.3. The molecule has 0 spiro atoms. The number of hydrogen-bond acceptors (Lipinski definition) is 4. The molecule has 1 atom stereocenters. The van der Waals surface area contributed by atoms with Crippen LogP contribution in [0.15, 0.2) is 6.20 Å². The molecular formula is C18H29N3O3. The minimum absolute atomic E-state index is 0.00525. The first-order valence-electron chi connectivity index (χ1n) is 9.08. The van der Waals surface area contributed by atoms with Crippen LogP contribution >= 0.6 is 0 Å². The smallest absolute Gasteiger partial charge is 0.226 e. The van der Waals surface area contributed by atoms with Gasteiger partial charge in [-0.2, -0.15) is 0 Å². The molecule has 1 N–H and O–H groups in total. The van der Waals surface area contributed by atoms with E-state index >= 15 is 0 Å². The van der Waals surface area contributed by atoms with Crippen molar-refractivity contribution in [3.05, 3.63) is 17.7 Å². The van der Waals surface area contributed by atoms with E-state index in [1.54, 1.807) is 0 Å². The van der Waals surface area contributed by atoms with E-state index < -0.39 is 0 Å². The van der Waals surface area contributed by atoms with Crippen molar-refractivity contribution in [3.8, 4) is 0 Å². The molecule has 0 aromatic carbocycles. The van der Waals surface area contributed by atoms with Crippen LogP contribution in [0.25, 0.3) is 0 Å². The number of carbonyl (C=O) groups is 1. The van der Waals surface area contributed by atoms with Crippen LogP contribution in [0.5, 0.6) is 0 Å². The molecule has 0 saturated heterocycles. The van der Waals surface area contributed by atoms with Gasteiger partial charge in [0.25, 0.3) is 0 Å². The van der Waals surface area contributed by atoms with E-state index in [2.05, 4.69) is 23.4 Å². The second-order valence-electron chi connectivity index (χ2n) is 7.51. The van der Waals surface area contributed by atoms with Crippen molar-refractivity contribution in [3.63, 3.8) is 0 Å². The Bertz CT molecular complexity index is 578. The molecule has 24 heavy (non-hydrogen) atoms. The van der Waals surface area contributed by atoms with E-state index in [-0.39, 0.29) is 24.0 Å². The fraction of sp³-hybridized carbons (Fsp3) is 0.778. The van der Waals surface area contributed by atoms with Crippen molar-refractivity contribution in [1.29, 1.82) is 0 Å². The summed E-state index contributed by atoms with van der Waals surface area (Å²) < 4.78 is 7.92. The van der Waals surface area contributed by atoms with Gasteiger partial charge in [0.1, 0.15) is 5.82 Å². The number of hydrogen-bond donors (Lipinski definition) is 1. The number of carbonyl (C=O) groups excluding carboxylic acids is 1. The Morgan fingerprint density at radius 3 is 2.83 bits per heavy atom. The van der Waals surface area contributed by atoms with Crippen LogP contribution in [-0.2, 0) is 22.5 Å². The van der Waals surface area contributed by atoms with Crippen LogP contribution in [0, 0.1) is 11.8 Å². The number of fused-ring (bicyclic) bond motifs is 1. The molecule has 1 amide bonds. The predicted octanol–water partition coefficient (Wildman–Crippen LogP) is 1.77. The first-order chi connectivity index (χ1) is 11.5. The Balaban J connectivity index is 1.60. The van der Waals surface area contributed by atoms with Crippen molar-refractivity contribution in [1.82, 2.24) is 14.5 Å². The monoisotopic (exact) mass is 335 g/mol. The summed E-state index contributed by atoms with van der Waals surface area (Å²) in [6.45, 7) is 9.34. The van der Waals surface area contributed by atoms with Gasteiger partial charge >= 0.3 is 0 Å². The van der Waals surface area contributed by atoms with Crippen LogP contribution in [0.3, 0.4) is 0 Å². The van der Waals surface area contributed by atoms with Crippen LogP contribution in [0.4, 0.5) is 0 Å². The molecule has 1 saturated carbocycles. The maximum atomic E-state index is 12.6. The van der Waals surface area contributed by atoms with Crippen molar-refractivity contribution in [2.75, 3.05) is 19.8 Å². The number of ether oxygens (including phenoxy) is 1. The minimum atomic E-state index is -0.293. The summed E-state index contributed by atoms with van der Waals surface area (Å²) >= 11 is 0. The number of amides is 1. The van der Waals surface area contributed by atoms with Crippen LogP contribution in [0.1, 0.15) is 51.2 Å². The van der Waals surface area contributed by atoms with Gasteiger partial charge in [-0.05, 0) is 25.7 Å². The van der Waals surface area contributed by atoms with Crippen molar-refractivity contribution in [2.24, 2.45) is 11.8 Å². The first-order valence-corrected chi connectivity index (χ1v) is 9.08. The molecule has 6 nitrogen and oxygen atoms in total. The third-order valence-electron chi connectivity index (χ3n) is 5.07. The Labute approximate surface area is 143 Å². The summed E-state index contributed by atoms with van der Waals surface area (Å²) in [4.78, 5) is 19.1. The van der Waals surface area contributed by atoms with E-state index in [0.29, 0.717) is 25.4 Å². The number of aliphatic hydroxyl groups excluding tert-OH is 1. The number of imidazole rings is 1. The molecule has 3 rings (SSSR count). The second kappa shape index (κ2) is 7.23. The van der Waals surface area contributed by atoms with Gasteiger partial charge in [0.15, 0.2) is 0 Å². The Hall–Kier alpha value is -1.40. The molecule has 1 aliphatic heterocycles. The second-order valence-corrected chi connectivity index (χ2v) is 7.51. The molecule has 2 heterocycles. The number of nitrogens with zero attached hydrogens (tertiary/aromatic N) is 3. The van der Waals surface area contributed by atoms with Gasteiger partial charge in [-0.25, -0.2) is 4.98 Å². The number of aliphatic hydroxyl groups is 1. The Morgan fingerprint density at radius 1 is 1.42 bits per heavy atom. The summed E-state index contributed by atoms with van der Waals surface area (Å²) in [6, 6.07) is -0.00525. The van der Waals surface area contributed by atoms with Crippen molar-refractivity contribution >= 4 is 5.91 Å². The number of aromatic nitrogens is 2. The quantitative estimate of drug-likeness (QED) is 0.805. The normalized spacial score (nSPS) is 26.4. The highest BCUT2D eigenvalue weighted by molar-refractivity contribution is 5.80. The fourth-order valence-electron chi connectivity index (χ4n) is 3.58. The maximum Gasteiger partial charge on any atom is 0.226 e. The van der Waals surface area contributed by atoms with Gasteiger partial charge < -0.3 is 19.3 Å². The summed E-state index contributed by atoms with van der Waals surface area (Å²) in [5.74, 6) is 1.68. The lowest BCUT2D eigenvalue weighted by Crippen LogP contribution is -2.48. The van der Waals surface area contributed by atoms with E-state index in [4.69, 9.17) is 4.74 Å². The summed E-state index contributed by atoms with van der Waals surface area (Å²) in [6.07, 6.45) is 3.70. The van der Waals surface area contributed by atoms with E-state index in [9.17, 15) is 9.90 Å². The zero-order valence-electron chi connectivity index (χ0n) is 14.9. The molecule has 0 radical (unpaired) electrons. The van der Waals surface area contributed by atoms with Crippen LogP contribution < -0.4 is 0 Å². The molecule has 1 aliphatic carbocycles. The minimum Gasteiger partial charge on any atom is -0.393 e. The average Bonchev–Trinajstić information content (AvgIpc) is 2.92. The number of rotatable bonds is 6. The Morgan fingerprint density at radius 2 is 2.17 bits per heavy atom. The lowest BCUT2D eigenvalue weighted by molar-refractivity contribution is -0.145. The first kappa shape index (κ1) is 17.4. The highest BCUT2D eigenvalue weighted by Gasteiger charge is 2.39. The van der Waals surface area contributed by atoms with Gasteiger partial charge in [-0.1, -0.05) is 13.8 Å². The highest BCUT2D eigenvalue weighted by Crippen LogP contribution is 2.33. The van der Waals surface area contributed by atoms with Gasteiger partial charge in [0.05, 0.1) is 18.8 Å². The molecule has 0 bridgehead atoms. The van der Waals surface area contributed by atoms with Crippen LogP contribution in [-0.4, -0.2) is 51.3 Å².